The molecule has 4 rings (SSSR count). The molecule has 0 bridgehead atoms. The first-order valence-corrected chi connectivity index (χ1v) is 11.1. The second kappa shape index (κ2) is 9.93. The number of nitrogens with zero attached hydrogens (tertiary/aromatic N) is 3. The monoisotopic (exact) mass is 480 g/mol. The minimum atomic E-state index is -0.457. The molecule has 0 unspecified atom stereocenters. The predicted molar refractivity (Wildman–Crippen MR) is 129 cm³/mol. The normalized spacial score (nSPS) is 10.8. The molecular weight excluding hydrogens is 460 g/mol. The molecule has 2 heterocycles. The summed E-state index contributed by atoms with van der Waals surface area (Å²) >= 11 is 11.2. The first-order chi connectivity index (χ1) is 16.0. The number of amides is 2. The molecule has 4 aromatic rings. The molecule has 0 aliphatic heterocycles. The molecule has 2 aromatic heterocycles. The van der Waals surface area contributed by atoms with E-state index in [4.69, 9.17) is 23.8 Å². The lowest BCUT2D eigenvalue weighted by Crippen LogP contribution is -2.43. The van der Waals surface area contributed by atoms with E-state index in [1.54, 1.807) is 22.8 Å². The van der Waals surface area contributed by atoms with Crippen LogP contribution in [0.2, 0.25) is 5.02 Å². The number of carbonyl (C=O) groups excluding carboxylic acids is 2. The molecule has 2 aromatic carbocycles. The third-order valence-electron chi connectivity index (χ3n) is 5.03. The Labute approximate surface area is 200 Å². The van der Waals surface area contributed by atoms with Gasteiger partial charge in [0.2, 0.25) is 0 Å². The van der Waals surface area contributed by atoms with Crippen molar-refractivity contribution < 1.29 is 9.59 Å². The third kappa shape index (κ3) is 5.10. The van der Waals surface area contributed by atoms with E-state index in [-0.39, 0.29) is 6.54 Å². The summed E-state index contributed by atoms with van der Waals surface area (Å²) in [7, 11) is 0. The molecule has 0 saturated heterocycles. The fourth-order valence-corrected chi connectivity index (χ4v) is 3.78. The van der Waals surface area contributed by atoms with Crippen LogP contribution in [0.15, 0.2) is 54.6 Å². The van der Waals surface area contributed by atoms with Crippen molar-refractivity contribution in [2.45, 2.75) is 26.3 Å². The number of halogens is 1. The maximum absolute atomic E-state index is 13.0. The summed E-state index contributed by atoms with van der Waals surface area (Å²) in [5.41, 5.74) is 7.45. The van der Waals surface area contributed by atoms with Gasteiger partial charge in [0.25, 0.3) is 11.8 Å². The molecule has 0 spiro atoms. The number of benzene rings is 2. The zero-order valence-corrected chi connectivity index (χ0v) is 19.3. The molecule has 2 amide bonds. The van der Waals surface area contributed by atoms with Crippen LogP contribution in [0, 0.1) is 4.77 Å². The Balaban J connectivity index is 1.55. The number of aromatic nitrogens is 4. The molecule has 8 nitrogen and oxygen atoms in total. The number of hydrazine groups is 1. The predicted octanol–water partition coefficient (Wildman–Crippen LogP) is 4.22. The molecule has 3 N–H and O–H groups in total. The lowest BCUT2D eigenvalue weighted by Gasteiger charge is -2.12. The molecule has 0 atom stereocenters. The summed E-state index contributed by atoms with van der Waals surface area (Å²) in [6.07, 6.45) is 1.55. The zero-order valence-electron chi connectivity index (χ0n) is 17.8. The number of fused-ring (bicyclic) bond motifs is 1. The van der Waals surface area contributed by atoms with Crippen LogP contribution in [0.5, 0.6) is 0 Å². The molecule has 33 heavy (non-hydrogen) atoms. The van der Waals surface area contributed by atoms with Gasteiger partial charge in [-0.2, -0.15) is 5.10 Å². The fourth-order valence-electron chi connectivity index (χ4n) is 3.44. The zero-order chi connectivity index (χ0) is 23.4. The summed E-state index contributed by atoms with van der Waals surface area (Å²) in [4.78, 5) is 30.2. The van der Waals surface area contributed by atoms with Crippen LogP contribution in [-0.4, -0.2) is 31.6 Å². The van der Waals surface area contributed by atoms with Gasteiger partial charge in [0.1, 0.15) is 12.4 Å². The first-order valence-electron chi connectivity index (χ1n) is 10.3. The van der Waals surface area contributed by atoms with Gasteiger partial charge in [-0.1, -0.05) is 48.9 Å². The van der Waals surface area contributed by atoms with Crippen LogP contribution in [0.3, 0.4) is 0 Å². The second-order valence-corrected chi connectivity index (χ2v) is 8.19. The van der Waals surface area contributed by atoms with Gasteiger partial charge in [0.05, 0.1) is 16.8 Å². The van der Waals surface area contributed by atoms with E-state index < -0.39 is 11.8 Å². The van der Waals surface area contributed by atoms with E-state index >= 15 is 0 Å². The lowest BCUT2D eigenvalue weighted by atomic mass is 10.0. The van der Waals surface area contributed by atoms with E-state index in [0.29, 0.717) is 44.2 Å². The van der Waals surface area contributed by atoms with Gasteiger partial charge in [0.15, 0.2) is 4.77 Å². The standard InChI is InChI=1S/C23H21ClN6O2S/c1-2-5-20-26-29-23(33)30(20)13-21(31)27-28-22(32)17-12-19(14-8-10-15(24)11-9-14)25-18-7-4-3-6-16(17)18/h3-4,6-12H,2,5,13H2,1H3,(H,27,31)(H,28,32)(H,29,33). The SMILES string of the molecule is CCCc1n[nH]c(=S)n1CC(=O)NNC(=O)c1cc(-c2ccc(Cl)cc2)nc2ccccc12. The molecule has 0 aliphatic rings. The van der Waals surface area contributed by atoms with E-state index in [0.717, 1.165) is 12.0 Å². The number of aryl methyl sites for hydroxylation is 1. The second-order valence-electron chi connectivity index (χ2n) is 7.36. The quantitative estimate of drug-likeness (QED) is 0.283. The number of H-pyrrole nitrogens is 1. The summed E-state index contributed by atoms with van der Waals surface area (Å²) in [5, 5.41) is 8.12. The highest BCUT2D eigenvalue weighted by Gasteiger charge is 2.16. The van der Waals surface area contributed by atoms with Crippen LogP contribution in [-0.2, 0) is 17.8 Å². The van der Waals surface area contributed by atoms with Gasteiger partial charge in [-0.25, -0.2) is 4.98 Å². The molecule has 0 radical (unpaired) electrons. The van der Waals surface area contributed by atoms with Crippen molar-refractivity contribution in [1.82, 2.24) is 30.6 Å². The van der Waals surface area contributed by atoms with Crippen LogP contribution in [0.25, 0.3) is 22.2 Å². The number of para-hydroxylation sites is 1. The maximum Gasteiger partial charge on any atom is 0.270 e. The number of aromatic amines is 1. The van der Waals surface area contributed by atoms with Gasteiger partial charge in [-0.05, 0) is 42.9 Å². The largest absolute Gasteiger partial charge is 0.295 e. The summed E-state index contributed by atoms with van der Waals surface area (Å²) in [5.74, 6) is -0.187. The van der Waals surface area contributed by atoms with Gasteiger partial charge >= 0.3 is 0 Å². The number of hydrogen-bond donors (Lipinski definition) is 3. The number of hydrogen-bond acceptors (Lipinski definition) is 5. The van der Waals surface area contributed by atoms with E-state index in [9.17, 15) is 9.59 Å². The molecule has 10 heteroatoms. The van der Waals surface area contributed by atoms with Crippen LogP contribution in [0.4, 0.5) is 0 Å². The van der Waals surface area contributed by atoms with Crippen molar-refractivity contribution in [1.29, 1.82) is 0 Å². The Kier molecular flexibility index (Phi) is 6.81. The Hall–Kier alpha value is -3.56. The molecule has 0 fully saturated rings. The van der Waals surface area contributed by atoms with Crippen molar-refractivity contribution in [3.63, 3.8) is 0 Å². The molecule has 0 saturated carbocycles. The van der Waals surface area contributed by atoms with Gasteiger partial charge in [0, 0.05) is 22.4 Å². The Morgan fingerprint density at radius 3 is 2.64 bits per heavy atom. The highest BCUT2D eigenvalue weighted by Crippen LogP contribution is 2.25. The Morgan fingerprint density at radius 2 is 1.88 bits per heavy atom. The van der Waals surface area contributed by atoms with Crippen molar-refractivity contribution in [3.8, 4) is 11.3 Å². The highest BCUT2D eigenvalue weighted by atomic mass is 35.5. The van der Waals surface area contributed by atoms with Gasteiger partial charge < -0.3 is 0 Å². The number of nitrogens with one attached hydrogen (secondary N) is 3. The average Bonchev–Trinajstić information content (AvgIpc) is 3.16. The van der Waals surface area contributed by atoms with E-state index in [2.05, 4.69) is 26.0 Å². The van der Waals surface area contributed by atoms with E-state index in [1.165, 1.54) is 0 Å². The molecular formula is C23H21ClN6O2S. The van der Waals surface area contributed by atoms with Crippen molar-refractivity contribution >= 4 is 46.5 Å². The number of pyridine rings is 1. The minimum Gasteiger partial charge on any atom is -0.295 e. The van der Waals surface area contributed by atoms with E-state index in [1.807, 2.05) is 43.3 Å². The Morgan fingerprint density at radius 1 is 1.12 bits per heavy atom. The van der Waals surface area contributed by atoms with Gasteiger partial charge in [-0.15, -0.1) is 0 Å². The number of carbonyl (C=O) groups is 2. The summed E-state index contributed by atoms with van der Waals surface area (Å²) in [6, 6.07) is 16.2. The maximum atomic E-state index is 13.0. The molecule has 0 aliphatic carbocycles. The summed E-state index contributed by atoms with van der Waals surface area (Å²) < 4.78 is 1.97. The highest BCUT2D eigenvalue weighted by molar-refractivity contribution is 7.71. The van der Waals surface area contributed by atoms with Crippen molar-refractivity contribution in [2.75, 3.05) is 0 Å². The summed E-state index contributed by atoms with van der Waals surface area (Å²) in [6.45, 7) is 1.96. The van der Waals surface area contributed by atoms with Crippen LogP contribution >= 0.6 is 23.8 Å². The van der Waals surface area contributed by atoms with Crippen LogP contribution < -0.4 is 10.9 Å². The van der Waals surface area contributed by atoms with Crippen LogP contribution in [0.1, 0.15) is 29.5 Å². The minimum absolute atomic E-state index is 0.0575. The third-order valence-corrected chi connectivity index (χ3v) is 5.59. The number of rotatable bonds is 6. The Bertz CT molecular complexity index is 1380. The average molecular weight is 481 g/mol. The topological polar surface area (TPSA) is 105 Å². The van der Waals surface area contributed by atoms with Gasteiger partial charge in [-0.3, -0.25) is 30.1 Å². The fraction of sp³-hybridized carbons (Fsp3) is 0.174. The van der Waals surface area contributed by atoms with Crippen molar-refractivity contribution in [2.24, 2.45) is 0 Å². The lowest BCUT2D eigenvalue weighted by molar-refractivity contribution is -0.122. The smallest absolute Gasteiger partial charge is 0.270 e. The van der Waals surface area contributed by atoms with Crippen molar-refractivity contribution in [3.05, 3.63) is 75.8 Å². The molecule has 168 valence electrons. The first kappa shape index (κ1) is 22.6.